The first-order valence-electron chi connectivity index (χ1n) is 3.93. The molecule has 1 aromatic heterocycles. The first kappa shape index (κ1) is 8.60. The predicted molar refractivity (Wildman–Crippen MR) is 44.7 cm³/mol. The number of aromatic nitrogens is 2. The Morgan fingerprint density at radius 2 is 2.50 bits per heavy atom. The zero-order valence-electron chi connectivity index (χ0n) is 7.00. The molecule has 0 aromatic carbocycles. The maximum atomic E-state index is 11.1. The summed E-state index contributed by atoms with van der Waals surface area (Å²) in [6.07, 6.45) is 1.18. The van der Waals surface area contributed by atoms with Gasteiger partial charge < -0.3 is 0 Å². The molecule has 0 aliphatic heterocycles. The molecule has 0 bridgehead atoms. The van der Waals surface area contributed by atoms with Crippen LogP contribution < -0.4 is 5.56 Å². The third-order valence-electron chi connectivity index (χ3n) is 1.67. The van der Waals surface area contributed by atoms with E-state index in [4.69, 9.17) is 5.26 Å². The lowest BCUT2D eigenvalue weighted by Crippen LogP contribution is -2.15. The van der Waals surface area contributed by atoms with Crippen molar-refractivity contribution in [3.8, 4) is 6.07 Å². The van der Waals surface area contributed by atoms with Gasteiger partial charge in [-0.3, -0.25) is 14.6 Å². The van der Waals surface area contributed by atoms with E-state index in [-0.39, 0.29) is 5.56 Å². The van der Waals surface area contributed by atoms with Gasteiger partial charge in [0.15, 0.2) is 0 Å². The van der Waals surface area contributed by atoms with Gasteiger partial charge >= 0.3 is 0 Å². The number of hydrogen-bond donors (Lipinski definition) is 1. The van der Waals surface area contributed by atoms with Gasteiger partial charge in [-0.2, -0.15) is 5.26 Å². The Hall–Kier alpha value is -1.50. The Morgan fingerprint density at radius 1 is 1.75 bits per heavy atom. The van der Waals surface area contributed by atoms with Gasteiger partial charge in [0.25, 0.3) is 5.56 Å². The van der Waals surface area contributed by atoms with Gasteiger partial charge in [-0.25, -0.2) is 0 Å². The van der Waals surface area contributed by atoms with Gasteiger partial charge in [-0.05, 0) is 6.42 Å². The van der Waals surface area contributed by atoms with Crippen LogP contribution in [0.15, 0.2) is 10.9 Å². The average Bonchev–Trinajstić information content (AvgIpc) is 2.43. The summed E-state index contributed by atoms with van der Waals surface area (Å²) < 4.78 is 1.46. The lowest BCUT2D eigenvalue weighted by atomic mass is 10.3. The fourth-order valence-electron chi connectivity index (χ4n) is 0.997. The average molecular weight is 165 g/mol. The molecule has 4 heteroatoms. The van der Waals surface area contributed by atoms with Crippen molar-refractivity contribution in [1.29, 1.82) is 5.26 Å². The van der Waals surface area contributed by atoms with Crippen molar-refractivity contribution in [1.82, 2.24) is 9.78 Å². The smallest absolute Gasteiger partial charge is 0.266 e. The minimum Gasteiger partial charge on any atom is -0.300 e. The molecule has 1 aromatic rings. The molecule has 0 spiro atoms. The molecule has 0 saturated heterocycles. The lowest BCUT2D eigenvalue weighted by molar-refractivity contribution is 0.600. The van der Waals surface area contributed by atoms with Crippen LogP contribution in [0.1, 0.15) is 19.0 Å². The van der Waals surface area contributed by atoms with Crippen molar-refractivity contribution in [3.05, 3.63) is 22.1 Å². The van der Waals surface area contributed by atoms with Gasteiger partial charge in [-0.15, -0.1) is 0 Å². The summed E-state index contributed by atoms with van der Waals surface area (Å²) in [6, 6.07) is 3.56. The number of nitrogens with zero attached hydrogens (tertiary/aromatic N) is 2. The van der Waals surface area contributed by atoms with Crippen molar-refractivity contribution < 1.29 is 0 Å². The second-order valence-corrected chi connectivity index (χ2v) is 2.53. The van der Waals surface area contributed by atoms with Crippen LogP contribution in [-0.4, -0.2) is 9.78 Å². The summed E-state index contributed by atoms with van der Waals surface area (Å²) in [5.74, 6) is 0. The second kappa shape index (κ2) is 3.77. The molecular formula is C8H11N3O. The van der Waals surface area contributed by atoms with E-state index in [9.17, 15) is 4.79 Å². The second-order valence-electron chi connectivity index (χ2n) is 2.53. The standard InChI is InChI=1S/C8H11N3O/c1-2-7-6-8(12)11(10-7)5-3-4-9/h6,10H,2-3,5H2,1H3. The molecule has 1 heterocycles. The molecule has 0 aliphatic carbocycles. The molecule has 0 fully saturated rings. The van der Waals surface area contributed by atoms with Crippen LogP contribution in [0.3, 0.4) is 0 Å². The molecule has 1 N–H and O–H groups in total. The number of hydrogen-bond acceptors (Lipinski definition) is 2. The van der Waals surface area contributed by atoms with Gasteiger partial charge in [0.2, 0.25) is 0 Å². The van der Waals surface area contributed by atoms with Crippen molar-refractivity contribution >= 4 is 0 Å². The van der Waals surface area contributed by atoms with Gasteiger partial charge in [0.1, 0.15) is 0 Å². The summed E-state index contributed by atoms with van der Waals surface area (Å²) in [5, 5.41) is 11.2. The minimum atomic E-state index is -0.0536. The van der Waals surface area contributed by atoms with Crippen molar-refractivity contribution in [2.45, 2.75) is 26.3 Å². The van der Waals surface area contributed by atoms with E-state index < -0.39 is 0 Å². The van der Waals surface area contributed by atoms with E-state index in [2.05, 4.69) is 5.10 Å². The fraction of sp³-hybridized carbons (Fsp3) is 0.500. The van der Waals surface area contributed by atoms with Gasteiger partial charge in [0, 0.05) is 11.8 Å². The van der Waals surface area contributed by atoms with Crippen LogP contribution in [-0.2, 0) is 13.0 Å². The third-order valence-corrected chi connectivity index (χ3v) is 1.67. The Labute approximate surface area is 70.4 Å². The number of nitriles is 1. The predicted octanol–water partition coefficient (Wildman–Crippen LogP) is 0.652. The van der Waals surface area contributed by atoms with Crippen LogP contribution in [0.4, 0.5) is 0 Å². The van der Waals surface area contributed by atoms with Gasteiger partial charge in [-0.1, -0.05) is 6.92 Å². The first-order chi connectivity index (χ1) is 5.77. The molecule has 64 valence electrons. The van der Waals surface area contributed by atoms with Crippen molar-refractivity contribution in [2.75, 3.05) is 0 Å². The maximum Gasteiger partial charge on any atom is 0.266 e. The fourth-order valence-corrected chi connectivity index (χ4v) is 0.997. The number of nitrogens with one attached hydrogen (secondary N) is 1. The van der Waals surface area contributed by atoms with Crippen molar-refractivity contribution in [2.24, 2.45) is 0 Å². The summed E-state index contributed by atoms with van der Waals surface area (Å²) in [4.78, 5) is 11.1. The molecular weight excluding hydrogens is 154 g/mol. The molecule has 0 atom stereocenters. The van der Waals surface area contributed by atoms with E-state index in [0.717, 1.165) is 12.1 Å². The van der Waals surface area contributed by atoms with Crippen LogP contribution in [0.5, 0.6) is 0 Å². The zero-order chi connectivity index (χ0) is 8.97. The SMILES string of the molecule is CCc1cc(=O)n(CCC#N)[nH]1. The summed E-state index contributed by atoms with van der Waals surface area (Å²) in [6.45, 7) is 2.43. The zero-order valence-corrected chi connectivity index (χ0v) is 7.00. The molecule has 1 rings (SSSR count). The summed E-state index contributed by atoms with van der Waals surface area (Å²) in [7, 11) is 0. The monoisotopic (exact) mass is 165 g/mol. The highest BCUT2D eigenvalue weighted by atomic mass is 16.1. The Kier molecular flexibility index (Phi) is 2.70. The van der Waals surface area contributed by atoms with Crippen LogP contribution in [0.2, 0.25) is 0 Å². The normalized spacial score (nSPS) is 9.67. The van der Waals surface area contributed by atoms with Crippen LogP contribution in [0, 0.1) is 11.3 Å². The third kappa shape index (κ3) is 1.76. The number of aromatic amines is 1. The molecule has 4 nitrogen and oxygen atoms in total. The lowest BCUT2D eigenvalue weighted by Gasteiger charge is -1.95. The van der Waals surface area contributed by atoms with Crippen molar-refractivity contribution in [3.63, 3.8) is 0 Å². The quantitative estimate of drug-likeness (QED) is 0.714. The first-order valence-corrected chi connectivity index (χ1v) is 3.93. The Morgan fingerprint density at radius 3 is 3.00 bits per heavy atom. The van der Waals surface area contributed by atoms with Gasteiger partial charge in [0.05, 0.1) is 19.0 Å². The van der Waals surface area contributed by atoms with E-state index >= 15 is 0 Å². The molecule has 0 unspecified atom stereocenters. The Balaban J connectivity index is 2.79. The highest BCUT2D eigenvalue weighted by molar-refractivity contribution is 4.98. The molecule has 12 heavy (non-hydrogen) atoms. The highest BCUT2D eigenvalue weighted by Gasteiger charge is 1.99. The Bertz CT molecular complexity index is 342. The minimum absolute atomic E-state index is 0.0536. The molecule has 0 amide bonds. The van der Waals surface area contributed by atoms with E-state index in [0.29, 0.717) is 13.0 Å². The largest absolute Gasteiger partial charge is 0.300 e. The number of H-pyrrole nitrogens is 1. The highest BCUT2D eigenvalue weighted by Crippen LogP contribution is 1.91. The molecule has 0 aliphatic rings. The maximum absolute atomic E-state index is 11.1. The molecule has 0 saturated carbocycles. The van der Waals surface area contributed by atoms with Crippen LogP contribution >= 0.6 is 0 Å². The van der Waals surface area contributed by atoms with E-state index in [1.165, 1.54) is 4.68 Å². The number of aryl methyl sites for hydroxylation is 2. The topological polar surface area (TPSA) is 61.6 Å². The van der Waals surface area contributed by atoms with E-state index in [1.807, 2.05) is 13.0 Å². The number of rotatable bonds is 3. The summed E-state index contributed by atoms with van der Waals surface area (Å²) in [5.41, 5.74) is 0.861. The molecule has 0 radical (unpaired) electrons. The van der Waals surface area contributed by atoms with Crippen LogP contribution in [0.25, 0.3) is 0 Å². The van der Waals surface area contributed by atoms with E-state index in [1.54, 1.807) is 6.07 Å². The summed E-state index contributed by atoms with van der Waals surface area (Å²) >= 11 is 0.